The van der Waals surface area contributed by atoms with Crippen molar-refractivity contribution in [1.29, 1.82) is 0 Å². The summed E-state index contributed by atoms with van der Waals surface area (Å²) < 4.78 is 9.03. The first-order valence-corrected chi connectivity index (χ1v) is 11.0. The largest absolute Gasteiger partial charge is 0.497 e. The summed E-state index contributed by atoms with van der Waals surface area (Å²) in [5.74, 6) is 1.23. The molecule has 7 nitrogen and oxygen atoms in total. The molecule has 1 heterocycles. The van der Waals surface area contributed by atoms with E-state index in [2.05, 4.69) is 15.7 Å². The van der Waals surface area contributed by atoms with Gasteiger partial charge in [0.15, 0.2) is 5.82 Å². The fourth-order valence-electron chi connectivity index (χ4n) is 3.27. The molecule has 3 aromatic carbocycles. The third-order valence-corrected chi connectivity index (χ3v) is 5.53. The Hall–Kier alpha value is -3.62. The number of rotatable bonds is 8. The Morgan fingerprint density at radius 3 is 2.33 bits per heavy atom. The predicted molar refractivity (Wildman–Crippen MR) is 133 cm³/mol. The first-order chi connectivity index (χ1) is 16.0. The Labute approximate surface area is 201 Å². The number of amides is 1. The lowest BCUT2D eigenvalue weighted by atomic mass is 10.3. The van der Waals surface area contributed by atoms with Crippen LogP contribution in [0, 0.1) is 4.77 Å². The third-order valence-electron chi connectivity index (χ3n) is 4.88. The van der Waals surface area contributed by atoms with Crippen molar-refractivity contribution in [2.45, 2.75) is 13.1 Å². The summed E-state index contributed by atoms with van der Waals surface area (Å²) in [4.78, 5) is 12.6. The van der Waals surface area contributed by atoms with Crippen molar-refractivity contribution in [3.05, 3.63) is 94.5 Å². The van der Waals surface area contributed by atoms with Gasteiger partial charge in [0.2, 0.25) is 10.7 Å². The van der Waals surface area contributed by atoms with Crippen molar-refractivity contribution in [3.8, 4) is 11.4 Å². The molecule has 4 rings (SSSR count). The lowest BCUT2D eigenvalue weighted by molar-refractivity contribution is -0.116. The number of benzene rings is 3. The van der Waals surface area contributed by atoms with Crippen LogP contribution in [0.4, 0.5) is 11.4 Å². The van der Waals surface area contributed by atoms with Crippen LogP contribution in [-0.2, 0) is 17.9 Å². The smallest absolute Gasteiger partial charge is 0.246 e. The molecule has 0 unspecified atom stereocenters. The highest BCUT2D eigenvalue weighted by atomic mass is 35.5. The van der Waals surface area contributed by atoms with Gasteiger partial charge < -0.3 is 15.4 Å². The zero-order valence-corrected chi connectivity index (χ0v) is 19.4. The van der Waals surface area contributed by atoms with Crippen LogP contribution in [0.1, 0.15) is 5.82 Å². The number of ether oxygens (including phenoxy) is 1. The molecular formula is C24H22ClN5O2S. The molecule has 0 spiro atoms. The Morgan fingerprint density at radius 1 is 1.00 bits per heavy atom. The monoisotopic (exact) mass is 479 g/mol. The second kappa shape index (κ2) is 10.3. The van der Waals surface area contributed by atoms with Gasteiger partial charge in [-0.25, -0.2) is 4.68 Å². The van der Waals surface area contributed by atoms with Gasteiger partial charge in [-0.15, -0.1) is 0 Å². The number of nitrogens with zero attached hydrogens (tertiary/aromatic N) is 3. The highest BCUT2D eigenvalue weighted by molar-refractivity contribution is 7.71. The topological polar surface area (TPSA) is 73.1 Å². The van der Waals surface area contributed by atoms with E-state index < -0.39 is 0 Å². The summed E-state index contributed by atoms with van der Waals surface area (Å²) in [6, 6.07) is 24.2. The molecule has 0 aliphatic heterocycles. The van der Waals surface area contributed by atoms with Crippen LogP contribution < -0.4 is 15.4 Å². The van der Waals surface area contributed by atoms with E-state index in [1.165, 1.54) is 4.68 Å². The molecule has 4 aromatic rings. The number of hydrogen-bond acceptors (Lipinski definition) is 5. The van der Waals surface area contributed by atoms with Crippen LogP contribution in [0.3, 0.4) is 0 Å². The summed E-state index contributed by atoms with van der Waals surface area (Å²) in [6.45, 7) is 0.396. The van der Waals surface area contributed by atoms with Gasteiger partial charge in [0.25, 0.3) is 0 Å². The van der Waals surface area contributed by atoms with E-state index in [-0.39, 0.29) is 12.5 Å². The summed E-state index contributed by atoms with van der Waals surface area (Å²) in [7, 11) is 1.63. The Kier molecular flexibility index (Phi) is 7.07. The van der Waals surface area contributed by atoms with E-state index in [1.54, 1.807) is 31.4 Å². The molecule has 0 aliphatic rings. The third kappa shape index (κ3) is 5.60. The number of carbonyl (C=O) groups excluding carboxylic acids is 1. The average Bonchev–Trinajstić information content (AvgIpc) is 3.14. The molecular weight excluding hydrogens is 458 g/mol. The molecule has 0 fully saturated rings. The van der Waals surface area contributed by atoms with E-state index in [0.717, 1.165) is 17.1 Å². The molecule has 168 valence electrons. The van der Waals surface area contributed by atoms with Crippen molar-refractivity contribution >= 4 is 41.1 Å². The van der Waals surface area contributed by atoms with Gasteiger partial charge in [0.1, 0.15) is 12.3 Å². The summed E-state index contributed by atoms with van der Waals surface area (Å²) in [5.41, 5.74) is 2.44. The van der Waals surface area contributed by atoms with Crippen molar-refractivity contribution in [3.63, 3.8) is 0 Å². The first-order valence-electron chi connectivity index (χ1n) is 10.2. The van der Waals surface area contributed by atoms with Crippen LogP contribution in [0.5, 0.6) is 5.75 Å². The molecule has 0 saturated heterocycles. The second-order valence-corrected chi connectivity index (χ2v) is 7.97. The zero-order valence-electron chi connectivity index (χ0n) is 17.9. The Bertz CT molecular complexity index is 1290. The van der Waals surface area contributed by atoms with E-state index in [1.807, 2.05) is 59.2 Å². The van der Waals surface area contributed by atoms with E-state index in [4.69, 9.17) is 28.6 Å². The molecule has 0 radical (unpaired) electrons. The molecule has 0 aliphatic carbocycles. The number of para-hydroxylation sites is 1. The fourth-order valence-corrected chi connectivity index (χ4v) is 3.71. The number of methoxy groups -OCH3 is 1. The zero-order chi connectivity index (χ0) is 23.2. The number of nitrogens with one attached hydrogen (secondary N) is 2. The van der Waals surface area contributed by atoms with Crippen molar-refractivity contribution in [2.75, 3.05) is 17.7 Å². The average molecular weight is 480 g/mol. The normalized spacial score (nSPS) is 10.6. The molecule has 1 amide bonds. The van der Waals surface area contributed by atoms with Crippen LogP contribution in [0.2, 0.25) is 5.02 Å². The van der Waals surface area contributed by atoms with Gasteiger partial charge in [-0.3, -0.25) is 9.36 Å². The summed E-state index contributed by atoms with van der Waals surface area (Å²) in [5, 5.41) is 11.4. The summed E-state index contributed by atoms with van der Waals surface area (Å²) in [6.07, 6.45) is 0. The van der Waals surface area contributed by atoms with Gasteiger partial charge in [-0.05, 0) is 72.9 Å². The first kappa shape index (κ1) is 22.6. The standard InChI is InChI=1S/C24H22ClN5O2S/c1-32-21-13-11-18(12-14-21)26-15-22-28-29(24(33)30(22)20-5-3-2-4-6-20)16-23(31)27-19-9-7-17(25)8-10-19/h2-14,26H,15-16H2,1H3,(H,27,31). The van der Waals surface area contributed by atoms with Crippen molar-refractivity contribution in [1.82, 2.24) is 14.3 Å². The van der Waals surface area contributed by atoms with Crippen molar-refractivity contribution < 1.29 is 9.53 Å². The molecule has 0 bridgehead atoms. The highest BCUT2D eigenvalue weighted by Crippen LogP contribution is 2.18. The quantitative estimate of drug-likeness (QED) is 0.335. The molecule has 0 saturated carbocycles. The fraction of sp³-hybridized carbons (Fsp3) is 0.125. The van der Waals surface area contributed by atoms with Gasteiger partial charge in [0, 0.05) is 22.1 Å². The minimum absolute atomic E-state index is 0.0170. The molecule has 1 aromatic heterocycles. The summed E-state index contributed by atoms with van der Waals surface area (Å²) >= 11 is 11.6. The van der Waals surface area contributed by atoms with Crippen LogP contribution in [-0.4, -0.2) is 27.4 Å². The number of halogens is 1. The van der Waals surface area contributed by atoms with Gasteiger partial charge in [-0.1, -0.05) is 29.8 Å². The lowest BCUT2D eigenvalue weighted by Crippen LogP contribution is -2.19. The number of aromatic nitrogens is 3. The number of hydrogen-bond donors (Lipinski definition) is 2. The van der Waals surface area contributed by atoms with Crippen LogP contribution in [0.25, 0.3) is 5.69 Å². The predicted octanol–water partition coefficient (Wildman–Crippen LogP) is 5.32. The SMILES string of the molecule is COc1ccc(NCc2nn(CC(=O)Nc3ccc(Cl)cc3)c(=S)n2-c2ccccc2)cc1. The lowest BCUT2D eigenvalue weighted by Gasteiger charge is -2.09. The Balaban J connectivity index is 1.57. The molecule has 33 heavy (non-hydrogen) atoms. The maximum atomic E-state index is 12.6. The highest BCUT2D eigenvalue weighted by Gasteiger charge is 2.15. The molecule has 2 N–H and O–H groups in total. The maximum absolute atomic E-state index is 12.6. The number of carbonyl (C=O) groups is 1. The molecule has 0 atom stereocenters. The minimum Gasteiger partial charge on any atom is -0.497 e. The van der Waals surface area contributed by atoms with E-state index in [9.17, 15) is 4.79 Å². The van der Waals surface area contributed by atoms with E-state index >= 15 is 0 Å². The Morgan fingerprint density at radius 2 is 1.67 bits per heavy atom. The van der Waals surface area contributed by atoms with Gasteiger partial charge in [0.05, 0.1) is 13.7 Å². The number of anilines is 2. The van der Waals surface area contributed by atoms with Crippen LogP contribution in [0.15, 0.2) is 78.9 Å². The molecule has 9 heteroatoms. The van der Waals surface area contributed by atoms with Gasteiger partial charge >= 0.3 is 0 Å². The van der Waals surface area contributed by atoms with Crippen LogP contribution >= 0.6 is 23.8 Å². The second-order valence-electron chi connectivity index (χ2n) is 7.16. The van der Waals surface area contributed by atoms with E-state index in [0.29, 0.717) is 27.9 Å². The van der Waals surface area contributed by atoms with Gasteiger partial charge in [-0.2, -0.15) is 5.10 Å². The maximum Gasteiger partial charge on any atom is 0.246 e. The minimum atomic E-state index is -0.235. The van der Waals surface area contributed by atoms with Crippen molar-refractivity contribution in [2.24, 2.45) is 0 Å².